The van der Waals surface area contributed by atoms with Gasteiger partial charge in [0.25, 0.3) is 0 Å². The molecule has 2 rings (SSSR count). The van der Waals surface area contributed by atoms with Gasteiger partial charge in [0.05, 0.1) is 19.1 Å². The smallest absolute Gasteiger partial charge is 0.308 e. The number of nitrogens with zero attached hydrogens (tertiary/aromatic N) is 2. The third-order valence-electron chi connectivity index (χ3n) is 4.31. The Morgan fingerprint density at radius 3 is 2.71 bits per heavy atom. The van der Waals surface area contributed by atoms with Crippen LogP contribution in [0.3, 0.4) is 0 Å². The molecule has 1 N–H and O–H groups in total. The van der Waals surface area contributed by atoms with Crippen molar-refractivity contribution in [2.24, 2.45) is 10.9 Å². The normalized spacial score (nSPS) is 24.2. The van der Waals surface area contributed by atoms with E-state index in [1.54, 1.807) is 7.05 Å². The lowest BCUT2D eigenvalue weighted by atomic mass is 9.97. The van der Waals surface area contributed by atoms with Crippen molar-refractivity contribution >= 4 is 11.9 Å². The monoisotopic (exact) mass is 297 g/mol. The van der Waals surface area contributed by atoms with E-state index in [1.807, 2.05) is 0 Å². The lowest BCUT2D eigenvalue weighted by Crippen LogP contribution is -2.47. The van der Waals surface area contributed by atoms with Crippen molar-refractivity contribution in [1.82, 2.24) is 10.2 Å². The van der Waals surface area contributed by atoms with Crippen molar-refractivity contribution < 1.29 is 14.3 Å². The van der Waals surface area contributed by atoms with Crippen molar-refractivity contribution in [3.05, 3.63) is 0 Å². The molecule has 1 atom stereocenters. The third kappa shape index (κ3) is 4.59. The number of rotatable bonds is 4. The van der Waals surface area contributed by atoms with Crippen LogP contribution in [0.2, 0.25) is 0 Å². The van der Waals surface area contributed by atoms with Crippen molar-refractivity contribution in [2.75, 3.05) is 40.4 Å². The maximum atomic E-state index is 11.5. The zero-order valence-corrected chi connectivity index (χ0v) is 13.1. The van der Waals surface area contributed by atoms with Gasteiger partial charge < -0.3 is 19.7 Å². The minimum Gasteiger partial charge on any atom is -0.469 e. The standard InChI is InChI=1S/C15H27N3O3/c1-16-15(17-8-5-13-4-3-11-21-13)18-9-6-12(7-10-18)14(19)20-2/h12-13H,3-11H2,1-2H3,(H,16,17). The van der Waals surface area contributed by atoms with E-state index in [1.165, 1.54) is 20.0 Å². The molecule has 0 aromatic rings. The van der Waals surface area contributed by atoms with E-state index in [0.717, 1.165) is 51.5 Å². The van der Waals surface area contributed by atoms with Crippen LogP contribution in [-0.2, 0) is 14.3 Å². The third-order valence-corrected chi connectivity index (χ3v) is 4.31. The second-order valence-electron chi connectivity index (χ2n) is 5.68. The highest BCUT2D eigenvalue weighted by Crippen LogP contribution is 2.18. The summed E-state index contributed by atoms with van der Waals surface area (Å²) in [5.41, 5.74) is 0. The Kier molecular flexibility index (Phi) is 6.29. The van der Waals surface area contributed by atoms with Crippen LogP contribution in [0.15, 0.2) is 4.99 Å². The summed E-state index contributed by atoms with van der Waals surface area (Å²) in [7, 11) is 3.26. The van der Waals surface area contributed by atoms with Gasteiger partial charge in [-0.3, -0.25) is 9.79 Å². The highest BCUT2D eigenvalue weighted by molar-refractivity contribution is 5.80. The highest BCUT2D eigenvalue weighted by Gasteiger charge is 2.27. The van der Waals surface area contributed by atoms with E-state index in [4.69, 9.17) is 9.47 Å². The topological polar surface area (TPSA) is 63.2 Å². The number of carbonyl (C=O) groups excluding carboxylic acids is 1. The predicted molar refractivity (Wildman–Crippen MR) is 81.3 cm³/mol. The second-order valence-corrected chi connectivity index (χ2v) is 5.68. The molecule has 0 amide bonds. The summed E-state index contributed by atoms with van der Waals surface area (Å²) in [6.07, 6.45) is 5.45. The Hall–Kier alpha value is -1.30. The van der Waals surface area contributed by atoms with E-state index < -0.39 is 0 Å². The first-order valence-electron chi connectivity index (χ1n) is 7.89. The average Bonchev–Trinajstić information content (AvgIpc) is 3.04. The minimum atomic E-state index is -0.0871. The summed E-state index contributed by atoms with van der Waals surface area (Å²) in [6, 6.07) is 0. The largest absolute Gasteiger partial charge is 0.469 e. The van der Waals surface area contributed by atoms with Gasteiger partial charge in [0.1, 0.15) is 0 Å². The summed E-state index contributed by atoms with van der Waals surface area (Å²) in [4.78, 5) is 18.1. The fourth-order valence-electron chi connectivity index (χ4n) is 3.04. The lowest BCUT2D eigenvalue weighted by molar-refractivity contribution is -0.146. The zero-order chi connectivity index (χ0) is 15.1. The fourth-order valence-corrected chi connectivity index (χ4v) is 3.04. The Morgan fingerprint density at radius 2 is 2.14 bits per heavy atom. The lowest BCUT2D eigenvalue weighted by Gasteiger charge is -2.33. The number of esters is 1. The second kappa shape index (κ2) is 8.22. The van der Waals surface area contributed by atoms with Crippen LogP contribution >= 0.6 is 0 Å². The van der Waals surface area contributed by atoms with Crippen LogP contribution in [0.25, 0.3) is 0 Å². The van der Waals surface area contributed by atoms with E-state index in [2.05, 4.69) is 15.2 Å². The van der Waals surface area contributed by atoms with Gasteiger partial charge in [0.2, 0.25) is 0 Å². The molecule has 2 heterocycles. The minimum absolute atomic E-state index is 0.0382. The van der Waals surface area contributed by atoms with E-state index in [-0.39, 0.29) is 11.9 Å². The van der Waals surface area contributed by atoms with Crippen molar-refractivity contribution in [3.8, 4) is 0 Å². The molecule has 6 heteroatoms. The molecule has 0 bridgehead atoms. The quantitative estimate of drug-likeness (QED) is 0.477. The van der Waals surface area contributed by atoms with E-state index in [0.29, 0.717) is 6.10 Å². The van der Waals surface area contributed by atoms with Gasteiger partial charge in [-0.25, -0.2) is 0 Å². The predicted octanol–water partition coefficient (Wildman–Crippen LogP) is 1.02. The zero-order valence-electron chi connectivity index (χ0n) is 13.1. The van der Waals surface area contributed by atoms with Gasteiger partial charge in [-0.2, -0.15) is 0 Å². The molecule has 120 valence electrons. The molecule has 0 spiro atoms. The summed E-state index contributed by atoms with van der Waals surface area (Å²) in [6.45, 7) is 3.48. The SMILES string of the molecule is CN=C(NCCC1CCCO1)N1CCC(C(=O)OC)CC1. The van der Waals surface area contributed by atoms with Gasteiger partial charge in [-0.05, 0) is 32.1 Å². The molecule has 0 aromatic heterocycles. The van der Waals surface area contributed by atoms with Crippen LogP contribution in [-0.4, -0.2) is 63.3 Å². The maximum absolute atomic E-state index is 11.5. The van der Waals surface area contributed by atoms with Gasteiger partial charge in [0.15, 0.2) is 5.96 Å². The van der Waals surface area contributed by atoms with Crippen LogP contribution in [0.1, 0.15) is 32.1 Å². The number of ether oxygens (including phenoxy) is 2. The molecule has 6 nitrogen and oxygen atoms in total. The van der Waals surface area contributed by atoms with E-state index in [9.17, 15) is 4.79 Å². The van der Waals surface area contributed by atoms with Gasteiger partial charge in [-0.1, -0.05) is 0 Å². The number of likely N-dealkylation sites (tertiary alicyclic amines) is 1. The Bertz CT molecular complexity index is 359. The molecule has 2 aliphatic heterocycles. The number of nitrogens with one attached hydrogen (secondary N) is 1. The number of carbonyl (C=O) groups is 1. The first-order valence-corrected chi connectivity index (χ1v) is 7.89. The molecule has 0 aromatic carbocycles. The highest BCUT2D eigenvalue weighted by atomic mass is 16.5. The Morgan fingerprint density at radius 1 is 1.38 bits per heavy atom. The first kappa shape index (κ1) is 16.1. The molecule has 2 saturated heterocycles. The maximum Gasteiger partial charge on any atom is 0.308 e. The number of hydrogen-bond donors (Lipinski definition) is 1. The summed E-state index contributed by atoms with van der Waals surface area (Å²) >= 11 is 0. The van der Waals surface area contributed by atoms with Gasteiger partial charge in [-0.15, -0.1) is 0 Å². The number of methoxy groups -OCH3 is 1. The van der Waals surface area contributed by atoms with Crippen LogP contribution in [0.4, 0.5) is 0 Å². The van der Waals surface area contributed by atoms with Gasteiger partial charge >= 0.3 is 5.97 Å². The molecule has 2 aliphatic rings. The average molecular weight is 297 g/mol. The molecule has 21 heavy (non-hydrogen) atoms. The summed E-state index contributed by atoms with van der Waals surface area (Å²) < 4.78 is 10.4. The van der Waals surface area contributed by atoms with Crippen LogP contribution < -0.4 is 5.32 Å². The number of guanidine groups is 1. The Balaban J connectivity index is 1.70. The molecular formula is C15H27N3O3. The molecule has 0 radical (unpaired) electrons. The molecule has 0 aliphatic carbocycles. The number of hydrogen-bond acceptors (Lipinski definition) is 4. The molecular weight excluding hydrogens is 270 g/mol. The fraction of sp³-hybridized carbons (Fsp3) is 0.867. The van der Waals surface area contributed by atoms with Crippen LogP contribution in [0, 0.1) is 5.92 Å². The molecule has 1 unspecified atom stereocenters. The number of piperidine rings is 1. The van der Waals surface area contributed by atoms with Crippen molar-refractivity contribution in [3.63, 3.8) is 0 Å². The summed E-state index contributed by atoms with van der Waals surface area (Å²) in [5, 5.41) is 3.40. The number of aliphatic imine (C=N–C) groups is 1. The van der Waals surface area contributed by atoms with E-state index >= 15 is 0 Å². The first-order chi connectivity index (χ1) is 10.2. The summed E-state index contributed by atoms with van der Waals surface area (Å²) in [5.74, 6) is 0.878. The molecule has 0 saturated carbocycles. The molecule has 2 fully saturated rings. The van der Waals surface area contributed by atoms with Crippen molar-refractivity contribution in [2.45, 2.75) is 38.2 Å². The Labute approximate surface area is 126 Å². The van der Waals surface area contributed by atoms with Crippen LogP contribution in [0.5, 0.6) is 0 Å². The van der Waals surface area contributed by atoms with Gasteiger partial charge in [0, 0.05) is 33.3 Å². The van der Waals surface area contributed by atoms with Crippen molar-refractivity contribution in [1.29, 1.82) is 0 Å².